The van der Waals surface area contributed by atoms with Gasteiger partial charge in [-0.25, -0.2) is 0 Å². The Kier molecular flexibility index (Phi) is 4.66. The number of nitrogens with one attached hydrogen (secondary N) is 2. The number of pyridine rings is 1. The molecule has 0 aliphatic carbocycles. The monoisotopic (exact) mass is 249 g/mol. The number of rotatable bonds is 4. The summed E-state index contributed by atoms with van der Waals surface area (Å²) in [6.07, 6.45) is 2.19. The first-order valence-corrected chi connectivity index (χ1v) is 6.24. The highest BCUT2D eigenvalue weighted by Gasteiger charge is 2.16. The van der Waals surface area contributed by atoms with Crippen LogP contribution in [0.3, 0.4) is 0 Å². The molecule has 2 N–H and O–H groups in total. The lowest BCUT2D eigenvalue weighted by Gasteiger charge is -2.23. The molecule has 0 saturated carbocycles. The molecule has 5 nitrogen and oxygen atoms in total. The van der Waals surface area contributed by atoms with E-state index in [1.807, 2.05) is 19.1 Å². The topological polar surface area (TPSA) is 63.2 Å². The van der Waals surface area contributed by atoms with Gasteiger partial charge in [-0.2, -0.15) is 0 Å². The third-order valence-corrected chi connectivity index (χ3v) is 3.00. The van der Waals surface area contributed by atoms with Gasteiger partial charge in [-0.15, -0.1) is 0 Å². The van der Waals surface area contributed by atoms with Crippen molar-refractivity contribution in [2.24, 2.45) is 0 Å². The fourth-order valence-electron chi connectivity index (χ4n) is 1.93. The third kappa shape index (κ3) is 3.78. The lowest BCUT2D eigenvalue weighted by molar-refractivity contribution is -0.122. The Labute approximate surface area is 107 Å². The normalized spacial score (nSPS) is 19.5. The van der Waals surface area contributed by atoms with Gasteiger partial charge in [-0.05, 0) is 18.6 Å². The molecule has 1 saturated heterocycles. The maximum absolute atomic E-state index is 11.8. The summed E-state index contributed by atoms with van der Waals surface area (Å²) in [7, 11) is 0. The molecule has 2 heterocycles. The van der Waals surface area contributed by atoms with Gasteiger partial charge in [-0.1, -0.05) is 6.07 Å². The first kappa shape index (κ1) is 13.0. The molecule has 0 spiro atoms. The van der Waals surface area contributed by atoms with Gasteiger partial charge < -0.3 is 15.4 Å². The molecule has 18 heavy (non-hydrogen) atoms. The van der Waals surface area contributed by atoms with Crippen molar-refractivity contribution < 1.29 is 9.53 Å². The Morgan fingerprint density at radius 1 is 1.67 bits per heavy atom. The second-order valence-corrected chi connectivity index (χ2v) is 4.47. The molecular weight excluding hydrogens is 230 g/mol. The Balaban J connectivity index is 1.76. The maximum Gasteiger partial charge on any atom is 0.221 e. The highest BCUT2D eigenvalue weighted by molar-refractivity contribution is 5.76. The summed E-state index contributed by atoms with van der Waals surface area (Å²) in [5.41, 5.74) is 2.01. The zero-order valence-corrected chi connectivity index (χ0v) is 10.6. The van der Waals surface area contributed by atoms with Crippen LogP contribution >= 0.6 is 0 Å². The quantitative estimate of drug-likeness (QED) is 0.810. The lowest BCUT2D eigenvalue weighted by Crippen LogP contribution is -2.44. The number of hydrogen-bond donors (Lipinski definition) is 2. The molecular formula is C13H19N3O2. The molecule has 0 aromatic carbocycles. The second-order valence-electron chi connectivity index (χ2n) is 4.47. The largest absolute Gasteiger partial charge is 0.378 e. The summed E-state index contributed by atoms with van der Waals surface area (Å²) in [5, 5.41) is 6.15. The van der Waals surface area contributed by atoms with Gasteiger partial charge in [0.15, 0.2) is 0 Å². The average Bonchev–Trinajstić information content (AvgIpc) is 2.39. The van der Waals surface area contributed by atoms with Crippen LogP contribution in [0.15, 0.2) is 18.3 Å². The van der Waals surface area contributed by atoms with E-state index in [1.54, 1.807) is 6.20 Å². The summed E-state index contributed by atoms with van der Waals surface area (Å²) >= 11 is 0. The molecule has 5 heteroatoms. The van der Waals surface area contributed by atoms with E-state index in [9.17, 15) is 4.79 Å². The molecule has 1 aromatic heterocycles. The Morgan fingerprint density at radius 2 is 2.56 bits per heavy atom. The molecule has 1 aliphatic rings. The fraction of sp³-hybridized carbons (Fsp3) is 0.538. The molecule has 1 aliphatic heterocycles. The Hall–Kier alpha value is -1.46. The number of aryl methyl sites for hydroxylation is 1. The van der Waals surface area contributed by atoms with Crippen LogP contribution in [0, 0.1) is 6.92 Å². The van der Waals surface area contributed by atoms with Crippen LogP contribution in [-0.2, 0) is 16.1 Å². The first-order chi connectivity index (χ1) is 8.75. The Morgan fingerprint density at radius 3 is 3.28 bits per heavy atom. The number of carbonyl (C=O) groups excluding carboxylic acids is 1. The number of amides is 1. The fourth-order valence-corrected chi connectivity index (χ4v) is 1.93. The predicted molar refractivity (Wildman–Crippen MR) is 68.0 cm³/mol. The number of aromatic nitrogens is 1. The average molecular weight is 249 g/mol. The number of ether oxygens (including phenoxy) is 1. The molecule has 2 rings (SSSR count). The van der Waals surface area contributed by atoms with E-state index in [-0.39, 0.29) is 11.9 Å². The van der Waals surface area contributed by atoms with Crippen molar-refractivity contribution in [3.05, 3.63) is 29.6 Å². The molecule has 1 aromatic rings. The highest BCUT2D eigenvalue weighted by Crippen LogP contribution is 2.03. The SMILES string of the molecule is Cc1cccnc1CNC(=O)CC1COCCN1. The summed E-state index contributed by atoms with van der Waals surface area (Å²) in [6.45, 7) is 4.63. The van der Waals surface area contributed by atoms with Gasteiger partial charge in [0.05, 0.1) is 25.5 Å². The molecule has 1 fully saturated rings. The van der Waals surface area contributed by atoms with Crippen LogP contribution in [-0.4, -0.2) is 36.7 Å². The number of nitrogens with zero attached hydrogens (tertiary/aromatic N) is 1. The molecule has 0 bridgehead atoms. The van der Waals surface area contributed by atoms with Gasteiger partial charge in [0.2, 0.25) is 5.91 Å². The zero-order valence-electron chi connectivity index (χ0n) is 10.6. The van der Waals surface area contributed by atoms with Crippen molar-refractivity contribution in [1.82, 2.24) is 15.6 Å². The minimum atomic E-state index is 0.0306. The van der Waals surface area contributed by atoms with Gasteiger partial charge in [-0.3, -0.25) is 9.78 Å². The van der Waals surface area contributed by atoms with E-state index in [0.717, 1.165) is 24.4 Å². The molecule has 98 valence electrons. The zero-order chi connectivity index (χ0) is 12.8. The molecule has 0 radical (unpaired) electrons. The van der Waals surface area contributed by atoms with E-state index in [2.05, 4.69) is 15.6 Å². The predicted octanol–water partition coefficient (Wildman–Crippen LogP) is 0.385. The van der Waals surface area contributed by atoms with E-state index < -0.39 is 0 Å². The van der Waals surface area contributed by atoms with Crippen molar-refractivity contribution in [1.29, 1.82) is 0 Å². The van der Waals surface area contributed by atoms with E-state index in [1.165, 1.54) is 0 Å². The van der Waals surface area contributed by atoms with Crippen LogP contribution in [0.2, 0.25) is 0 Å². The van der Waals surface area contributed by atoms with Crippen molar-refractivity contribution in [3.8, 4) is 0 Å². The van der Waals surface area contributed by atoms with Crippen LogP contribution < -0.4 is 10.6 Å². The summed E-state index contributed by atoms with van der Waals surface area (Å²) in [4.78, 5) is 16.0. The minimum absolute atomic E-state index is 0.0306. The van der Waals surface area contributed by atoms with Gasteiger partial charge >= 0.3 is 0 Å². The lowest BCUT2D eigenvalue weighted by atomic mass is 10.2. The minimum Gasteiger partial charge on any atom is -0.378 e. The van der Waals surface area contributed by atoms with Crippen molar-refractivity contribution in [3.63, 3.8) is 0 Å². The smallest absolute Gasteiger partial charge is 0.221 e. The van der Waals surface area contributed by atoms with Crippen LogP contribution in [0.4, 0.5) is 0 Å². The standard InChI is InChI=1S/C13H19N3O2/c1-10-3-2-4-15-12(10)8-16-13(17)7-11-9-18-6-5-14-11/h2-4,11,14H,5-9H2,1H3,(H,16,17). The van der Waals surface area contributed by atoms with E-state index in [0.29, 0.717) is 19.6 Å². The van der Waals surface area contributed by atoms with Gasteiger partial charge in [0.1, 0.15) is 0 Å². The van der Waals surface area contributed by atoms with Crippen molar-refractivity contribution in [2.45, 2.75) is 25.9 Å². The maximum atomic E-state index is 11.8. The van der Waals surface area contributed by atoms with Crippen molar-refractivity contribution >= 4 is 5.91 Å². The number of morpholine rings is 1. The Bertz CT molecular complexity index is 403. The second kappa shape index (κ2) is 6.47. The molecule has 1 atom stereocenters. The summed E-state index contributed by atoms with van der Waals surface area (Å²) in [5.74, 6) is 0.0306. The third-order valence-electron chi connectivity index (χ3n) is 3.00. The van der Waals surface area contributed by atoms with Crippen LogP contribution in [0.1, 0.15) is 17.7 Å². The number of carbonyl (C=O) groups is 1. The van der Waals surface area contributed by atoms with Gasteiger partial charge in [0.25, 0.3) is 0 Å². The van der Waals surface area contributed by atoms with E-state index in [4.69, 9.17) is 4.74 Å². The highest BCUT2D eigenvalue weighted by atomic mass is 16.5. The van der Waals surface area contributed by atoms with Crippen LogP contribution in [0.25, 0.3) is 0 Å². The summed E-state index contributed by atoms with van der Waals surface area (Å²) in [6, 6.07) is 4.01. The van der Waals surface area contributed by atoms with Crippen LogP contribution in [0.5, 0.6) is 0 Å². The molecule has 1 amide bonds. The van der Waals surface area contributed by atoms with Gasteiger partial charge in [0, 0.05) is 25.2 Å². The first-order valence-electron chi connectivity index (χ1n) is 6.24. The molecule has 1 unspecified atom stereocenters. The summed E-state index contributed by atoms with van der Waals surface area (Å²) < 4.78 is 5.31. The number of hydrogen-bond acceptors (Lipinski definition) is 4. The van der Waals surface area contributed by atoms with E-state index >= 15 is 0 Å². The van der Waals surface area contributed by atoms with Crippen molar-refractivity contribution in [2.75, 3.05) is 19.8 Å².